The van der Waals surface area contributed by atoms with Crippen LogP contribution in [0.15, 0.2) is 46.9 Å². The van der Waals surface area contributed by atoms with Crippen LogP contribution in [0.25, 0.3) is 11.0 Å². The first-order valence-corrected chi connectivity index (χ1v) is 7.12. The first-order chi connectivity index (χ1) is 10.1. The molecule has 0 aliphatic carbocycles. The van der Waals surface area contributed by atoms with Crippen LogP contribution in [0.4, 0.5) is 0 Å². The Morgan fingerprint density at radius 1 is 1.10 bits per heavy atom. The van der Waals surface area contributed by atoms with Crippen molar-refractivity contribution in [2.75, 3.05) is 7.11 Å². The quantitative estimate of drug-likeness (QED) is 0.754. The van der Waals surface area contributed by atoms with E-state index in [2.05, 4.69) is 0 Å². The number of hydrogen-bond donors (Lipinski definition) is 1. The molecule has 2 N–H and O–H groups in total. The molecule has 3 rings (SSSR count). The summed E-state index contributed by atoms with van der Waals surface area (Å²) in [5.41, 5.74) is 7.77. The number of nitrogens with two attached hydrogens (primary N) is 1. The van der Waals surface area contributed by atoms with Gasteiger partial charge in [0.05, 0.1) is 18.2 Å². The van der Waals surface area contributed by atoms with E-state index in [1.807, 2.05) is 30.3 Å². The zero-order chi connectivity index (χ0) is 15.0. The van der Waals surface area contributed by atoms with Gasteiger partial charge in [0.2, 0.25) is 0 Å². The molecule has 0 radical (unpaired) electrons. The number of fused-ring (bicyclic) bond motifs is 1. The van der Waals surface area contributed by atoms with Crippen molar-refractivity contribution in [3.05, 3.63) is 63.8 Å². The van der Waals surface area contributed by atoms with Crippen LogP contribution >= 0.6 is 23.2 Å². The first-order valence-electron chi connectivity index (χ1n) is 6.36. The van der Waals surface area contributed by atoms with Gasteiger partial charge >= 0.3 is 0 Å². The fourth-order valence-corrected chi connectivity index (χ4v) is 2.77. The van der Waals surface area contributed by atoms with E-state index < -0.39 is 0 Å². The Bertz CT molecular complexity index is 781. The standard InChI is InChI=1S/C16H13Cl2NO2/c1-20-12-4-2-9(3-5-12)15(19)14-7-10-6-11(17)8-13(18)16(10)21-14/h2-8,15H,19H2,1H3. The van der Waals surface area contributed by atoms with Crippen LogP contribution in [0.2, 0.25) is 10.0 Å². The fourth-order valence-electron chi connectivity index (χ4n) is 2.22. The van der Waals surface area contributed by atoms with Crippen molar-refractivity contribution >= 4 is 34.2 Å². The molecule has 108 valence electrons. The lowest BCUT2D eigenvalue weighted by molar-refractivity contribution is 0.414. The second kappa shape index (κ2) is 5.60. The van der Waals surface area contributed by atoms with E-state index in [0.717, 1.165) is 16.7 Å². The Kier molecular flexibility index (Phi) is 3.81. The number of methoxy groups -OCH3 is 1. The van der Waals surface area contributed by atoms with E-state index >= 15 is 0 Å². The van der Waals surface area contributed by atoms with Crippen molar-refractivity contribution in [2.45, 2.75) is 6.04 Å². The van der Waals surface area contributed by atoms with E-state index in [4.69, 9.17) is 38.1 Å². The van der Waals surface area contributed by atoms with Crippen LogP contribution in [0.5, 0.6) is 5.75 Å². The molecule has 0 bridgehead atoms. The van der Waals surface area contributed by atoms with Crippen LogP contribution in [0.3, 0.4) is 0 Å². The summed E-state index contributed by atoms with van der Waals surface area (Å²) in [7, 11) is 1.62. The smallest absolute Gasteiger partial charge is 0.153 e. The Labute approximate surface area is 132 Å². The minimum absolute atomic E-state index is 0.377. The van der Waals surface area contributed by atoms with Crippen LogP contribution in [-0.2, 0) is 0 Å². The molecule has 1 aromatic heterocycles. The van der Waals surface area contributed by atoms with Crippen LogP contribution in [0.1, 0.15) is 17.4 Å². The molecule has 1 unspecified atom stereocenters. The van der Waals surface area contributed by atoms with Crippen LogP contribution < -0.4 is 10.5 Å². The summed E-state index contributed by atoms with van der Waals surface area (Å²) in [5, 5.41) is 1.88. The van der Waals surface area contributed by atoms with Gasteiger partial charge in [-0.2, -0.15) is 0 Å². The Morgan fingerprint density at radius 3 is 2.48 bits per heavy atom. The number of ether oxygens (including phenoxy) is 1. The lowest BCUT2D eigenvalue weighted by atomic mass is 10.1. The van der Waals surface area contributed by atoms with Crippen molar-refractivity contribution in [1.82, 2.24) is 0 Å². The second-order valence-corrected chi connectivity index (χ2v) is 5.55. The van der Waals surface area contributed by atoms with Crippen molar-refractivity contribution in [3.8, 4) is 5.75 Å². The van der Waals surface area contributed by atoms with Crippen molar-refractivity contribution in [1.29, 1.82) is 0 Å². The normalized spacial score (nSPS) is 12.6. The summed E-state index contributed by atoms with van der Waals surface area (Å²) >= 11 is 12.1. The van der Waals surface area contributed by atoms with Gasteiger partial charge in [-0.3, -0.25) is 0 Å². The average Bonchev–Trinajstić information content (AvgIpc) is 2.91. The Balaban J connectivity index is 2.00. The minimum Gasteiger partial charge on any atom is -0.497 e. The highest BCUT2D eigenvalue weighted by molar-refractivity contribution is 6.38. The minimum atomic E-state index is -0.377. The summed E-state index contributed by atoms with van der Waals surface area (Å²) in [6.07, 6.45) is 0. The number of rotatable bonds is 3. The maximum Gasteiger partial charge on any atom is 0.153 e. The van der Waals surface area contributed by atoms with E-state index in [1.165, 1.54) is 0 Å². The predicted molar refractivity (Wildman–Crippen MR) is 85.3 cm³/mol. The number of furan rings is 1. The maximum absolute atomic E-state index is 6.25. The number of benzene rings is 2. The third-order valence-electron chi connectivity index (χ3n) is 3.34. The van der Waals surface area contributed by atoms with Crippen molar-refractivity contribution in [2.24, 2.45) is 5.73 Å². The Hall–Kier alpha value is -1.68. The van der Waals surface area contributed by atoms with E-state index in [0.29, 0.717) is 21.4 Å². The summed E-state index contributed by atoms with van der Waals surface area (Å²) in [6, 6.07) is 12.5. The van der Waals surface area contributed by atoms with Gasteiger partial charge < -0.3 is 14.9 Å². The van der Waals surface area contributed by atoms with Gasteiger partial charge in [0.1, 0.15) is 11.5 Å². The molecule has 0 spiro atoms. The maximum atomic E-state index is 6.25. The van der Waals surface area contributed by atoms with E-state index in [1.54, 1.807) is 19.2 Å². The van der Waals surface area contributed by atoms with Gasteiger partial charge in [-0.05, 0) is 35.9 Å². The highest BCUT2D eigenvalue weighted by Gasteiger charge is 2.16. The third kappa shape index (κ3) is 2.72. The molecule has 0 amide bonds. The number of halogens is 2. The van der Waals surface area contributed by atoms with Gasteiger partial charge in [-0.15, -0.1) is 0 Å². The summed E-state index contributed by atoms with van der Waals surface area (Å²) in [6.45, 7) is 0. The summed E-state index contributed by atoms with van der Waals surface area (Å²) < 4.78 is 10.9. The molecule has 3 nitrogen and oxygen atoms in total. The van der Waals surface area contributed by atoms with Crippen LogP contribution in [-0.4, -0.2) is 7.11 Å². The Morgan fingerprint density at radius 2 is 1.81 bits per heavy atom. The molecule has 3 aromatic rings. The molecule has 0 aliphatic heterocycles. The molecule has 0 aliphatic rings. The highest BCUT2D eigenvalue weighted by Crippen LogP contribution is 2.33. The van der Waals surface area contributed by atoms with Gasteiger partial charge in [0.15, 0.2) is 5.58 Å². The fraction of sp³-hybridized carbons (Fsp3) is 0.125. The molecule has 2 aromatic carbocycles. The van der Waals surface area contributed by atoms with Gasteiger partial charge in [-0.1, -0.05) is 35.3 Å². The summed E-state index contributed by atoms with van der Waals surface area (Å²) in [4.78, 5) is 0. The third-order valence-corrected chi connectivity index (χ3v) is 3.84. The van der Waals surface area contributed by atoms with Crippen molar-refractivity contribution < 1.29 is 9.15 Å². The van der Waals surface area contributed by atoms with Gasteiger partial charge in [0.25, 0.3) is 0 Å². The average molecular weight is 322 g/mol. The summed E-state index contributed by atoms with van der Waals surface area (Å²) in [5.74, 6) is 1.42. The van der Waals surface area contributed by atoms with E-state index in [9.17, 15) is 0 Å². The highest BCUT2D eigenvalue weighted by atomic mass is 35.5. The molecule has 1 atom stereocenters. The molecule has 1 heterocycles. The monoisotopic (exact) mass is 321 g/mol. The first kappa shape index (κ1) is 14.3. The zero-order valence-electron chi connectivity index (χ0n) is 11.3. The van der Waals surface area contributed by atoms with Crippen molar-refractivity contribution in [3.63, 3.8) is 0 Å². The van der Waals surface area contributed by atoms with Gasteiger partial charge in [0, 0.05) is 10.4 Å². The molecular formula is C16H13Cl2NO2. The number of hydrogen-bond acceptors (Lipinski definition) is 3. The lowest BCUT2D eigenvalue weighted by Gasteiger charge is -2.09. The predicted octanol–water partition coefficient (Wildman–Crippen LogP) is 4.80. The van der Waals surface area contributed by atoms with E-state index in [-0.39, 0.29) is 6.04 Å². The molecular weight excluding hydrogens is 309 g/mol. The molecule has 0 saturated heterocycles. The molecule has 21 heavy (non-hydrogen) atoms. The molecule has 5 heteroatoms. The molecule has 0 fully saturated rings. The zero-order valence-corrected chi connectivity index (χ0v) is 12.8. The largest absolute Gasteiger partial charge is 0.497 e. The lowest BCUT2D eigenvalue weighted by Crippen LogP contribution is -2.10. The SMILES string of the molecule is COc1ccc(C(N)c2cc3cc(Cl)cc(Cl)c3o2)cc1. The topological polar surface area (TPSA) is 48.4 Å². The molecule has 0 saturated carbocycles. The van der Waals surface area contributed by atoms with Crippen LogP contribution in [0, 0.1) is 0 Å². The van der Waals surface area contributed by atoms with Gasteiger partial charge in [-0.25, -0.2) is 0 Å². The second-order valence-electron chi connectivity index (χ2n) is 4.71.